The van der Waals surface area contributed by atoms with Crippen LogP contribution in [0.4, 0.5) is 57.8 Å². The molecule has 3 rings (SSSR count). The second kappa shape index (κ2) is 9.54. The molecular weight excluding hydrogens is 554 g/mol. The van der Waals surface area contributed by atoms with Gasteiger partial charge in [-0.05, 0) is 48.9 Å². The third-order valence-corrected chi connectivity index (χ3v) is 5.46. The maximum atomic E-state index is 13.1. The Kier molecular flexibility index (Phi) is 7.29. The van der Waals surface area contributed by atoms with E-state index >= 15 is 0 Å². The maximum absolute atomic E-state index is 13.1. The molecule has 0 aliphatic heterocycles. The molecule has 3 nitrogen and oxygen atoms in total. The Labute approximate surface area is 203 Å². The fraction of sp³-hybridized carbons (Fsp3) is 0.238. The van der Waals surface area contributed by atoms with Crippen LogP contribution in [-0.4, -0.2) is 10.7 Å². The number of rotatable bonds is 4. The summed E-state index contributed by atoms with van der Waals surface area (Å²) < 4.78 is 157. The molecule has 0 saturated carbocycles. The number of aromatic nitrogens is 1. The number of thiazole rings is 1. The number of halogens is 12. The maximum Gasteiger partial charge on any atom is 0.416 e. The first kappa shape index (κ1) is 28.3. The van der Waals surface area contributed by atoms with E-state index in [1.54, 1.807) is 0 Å². The minimum absolute atomic E-state index is 0.0625. The first-order chi connectivity index (χ1) is 16.7. The van der Waals surface area contributed by atoms with Crippen LogP contribution in [0.15, 0.2) is 46.9 Å². The number of hydrogen-bond acceptors (Lipinski definition) is 4. The summed E-state index contributed by atoms with van der Waals surface area (Å²) in [5.41, 5.74) is -5.79. The molecule has 0 aliphatic rings. The summed E-state index contributed by atoms with van der Waals surface area (Å²) in [6, 6.07) is 1.64. The van der Waals surface area contributed by atoms with Crippen LogP contribution in [0.2, 0.25) is 0 Å². The molecule has 200 valence electrons. The smallest absolute Gasteiger partial charge is 0.252 e. The molecule has 16 heteroatoms. The van der Waals surface area contributed by atoms with Crippen molar-refractivity contribution in [3.8, 4) is 11.3 Å². The molecule has 37 heavy (non-hydrogen) atoms. The van der Waals surface area contributed by atoms with Crippen LogP contribution in [0.5, 0.6) is 0 Å². The van der Waals surface area contributed by atoms with Crippen molar-refractivity contribution in [1.82, 2.24) is 4.98 Å². The van der Waals surface area contributed by atoms with E-state index in [9.17, 15) is 52.7 Å². The average molecular weight is 565 g/mol. The van der Waals surface area contributed by atoms with Crippen LogP contribution in [-0.2, 0) is 24.7 Å². The molecule has 1 heterocycles. The van der Waals surface area contributed by atoms with Gasteiger partial charge in [0.1, 0.15) is 0 Å². The molecule has 0 aliphatic carbocycles. The van der Waals surface area contributed by atoms with E-state index in [0.717, 1.165) is 12.3 Å². The lowest BCUT2D eigenvalue weighted by Crippen LogP contribution is -2.13. The lowest BCUT2D eigenvalue weighted by molar-refractivity contribution is -0.144. The highest BCUT2D eigenvalue weighted by atomic mass is 32.1. The zero-order valence-electron chi connectivity index (χ0n) is 17.9. The summed E-state index contributed by atoms with van der Waals surface area (Å²) in [7, 11) is 0. The molecule has 0 bridgehead atoms. The van der Waals surface area contributed by atoms with Crippen molar-refractivity contribution in [2.45, 2.75) is 31.6 Å². The van der Waals surface area contributed by atoms with E-state index in [4.69, 9.17) is 0 Å². The summed E-state index contributed by atoms with van der Waals surface area (Å²) in [5.74, 6) is 0. The molecule has 0 saturated heterocycles. The number of nitrogens with one attached hydrogen (secondary N) is 1. The van der Waals surface area contributed by atoms with Gasteiger partial charge in [-0.25, -0.2) is 4.98 Å². The Morgan fingerprint density at radius 1 is 0.676 bits per heavy atom. The third kappa shape index (κ3) is 6.93. The molecule has 1 N–H and O–H groups in total. The lowest BCUT2D eigenvalue weighted by atomic mass is 10.0. The minimum Gasteiger partial charge on any atom is -0.252 e. The van der Waals surface area contributed by atoms with Crippen molar-refractivity contribution in [3.63, 3.8) is 0 Å². The third-order valence-electron chi connectivity index (χ3n) is 4.71. The summed E-state index contributed by atoms with van der Waals surface area (Å²) >= 11 is 0.671. The van der Waals surface area contributed by atoms with E-state index in [0.29, 0.717) is 35.6 Å². The molecule has 0 radical (unpaired) electrons. The van der Waals surface area contributed by atoms with Crippen LogP contribution in [0.25, 0.3) is 11.3 Å². The summed E-state index contributed by atoms with van der Waals surface area (Å²) in [6.45, 7) is 1.08. The molecule has 2 aromatic carbocycles. The SMILES string of the molecule is C/C(=N\Nc1nc(-c2cc(C(F)(F)F)cc(C(F)(F)F)c2)cs1)c1cc(C(F)(F)F)cc(C(F)(F)F)c1. The van der Waals surface area contributed by atoms with E-state index in [1.165, 1.54) is 0 Å². The second-order valence-electron chi connectivity index (χ2n) is 7.44. The van der Waals surface area contributed by atoms with Gasteiger partial charge in [-0.15, -0.1) is 11.3 Å². The highest BCUT2D eigenvalue weighted by molar-refractivity contribution is 7.14. The average Bonchev–Trinajstić information content (AvgIpc) is 3.23. The molecule has 0 spiro atoms. The largest absolute Gasteiger partial charge is 0.416 e. The summed E-state index contributed by atoms with van der Waals surface area (Å²) in [4.78, 5) is 3.81. The summed E-state index contributed by atoms with van der Waals surface area (Å²) in [6.07, 6.45) is -20.4. The van der Waals surface area contributed by atoms with Gasteiger partial charge in [0, 0.05) is 10.9 Å². The molecule has 0 unspecified atom stereocenters. The van der Waals surface area contributed by atoms with E-state index in [2.05, 4.69) is 15.5 Å². The predicted octanol–water partition coefficient (Wildman–Crippen LogP) is 8.72. The molecule has 0 atom stereocenters. The van der Waals surface area contributed by atoms with Crippen LogP contribution >= 0.6 is 11.3 Å². The number of hydrogen-bond donors (Lipinski definition) is 1. The van der Waals surface area contributed by atoms with Crippen molar-refractivity contribution in [3.05, 3.63) is 69.6 Å². The highest BCUT2D eigenvalue weighted by Crippen LogP contribution is 2.39. The van der Waals surface area contributed by atoms with Gasteiger partial charge in [0.25, 0.3) is 0 Å². The number of nitrogens with zero attached hydrogens (tertiary/aromatic N) is 2. The van der Waals surface area contributed by atoms with Crippen molar-refractivity contribution in [2.75, 3.05) is 5.43 Å². The minimum atomic E-state index is -5.09. The normalized spacial score (nSPS) is 13.7. The van der Waals surface area contributed by atoms with Crippen LogP contribution in [0.1, 0.15) is 34.7 Å². The number of hydrazone groups is 1. The molecular formula is C21H11F12N3S. The first-order valence-corrected chi connectivity index (χ1v) is 10.5. The Morgan fingerprint density at radius 3 is 1.49 bits per heavy atom. The van der Waals surface area contributed by atoms with Gasteiger partial charge in [-0.2, -0.15) is 57.8 Å². The second-order valence-corrected chi connectivity index (χ2v) is 8.29. The van der Waals surface area contributed by atoms with Gasteiger partial charge in [0.2, 0.25) is 5.13 Å². The molecule has 3 aromatic rings. The van der Waals surface area contributed by atoms with Gasteiger partial charge in [0.05, 0.1) is 33.7 Å². The van der Waals surface area contributed by atoms with Crippen molar-refractivity contribution in [1.29, 1.82) is 0 Å². The Hall–Kier alpha value is -3.30. The van der Waals surface area contributed by atoms with Gasteiger partial charge >= 0.3 is 24.7 Å². The standard InChI is InChI=1S/C21H11F12N3S/c1-9(10-2-12(18(22,23)24)6-13(3-10)19(25,26)27)35-36-17-34-16(8-37-17)11-4-14(20(28,29)30)7-15(5-11)21(31,32)33/h2-8H,1H3,(H,34,36)/b35-9+. The number of benzene rings is 2. The Morgan fingerprint density at radius 2 is 1.08 bits per heavy atom. The molecule has 0 amide bonds. The van der Waals surface area contributed by atoms with Crippen LogP contribution in [0.3, 0.4) is 0 Å². The Balaban J connectivity index is 1.94. The number of alkyl halides is 12. The van der Waals surface area contributed by atoms with E-state index in [-0.39, 0.29) is 28.7 Å². The monoisotopic (exact) mass is 565 g/mol. The van der Waals surface area contributed by atoms with Crippen molar-refractivity contribution >= 4 is 22.2 Å². The summed E-state index contributed by atoms with van der Waals surface area (Å²) in [5, 5.41) is 4.54. The topological polar surface area (TPSA) is 37.3 Å². The van der Waals surface area contributed by atoms with Gasteiger partial charge < -0.3 is 0 Å². The van der Waals surface area contributed by atoms with Gasteiger partial charge in [-0.3, -0.25) is 5.43 Å². The first-order valence-electron chi connectivity index (χ1n) is 9.60. The van der Waals surface area contributed by atoms with E-state index in [1.807, 2.05) is 0 Å². The molecule has 1 aromatic heterocycles. The van der Waals surface area contributed by atoms with Gasteiger partial charge in [-0.1, -0.05) is 0 Å². The Bertz CT molecular complexity index is 1250. The van der Waals surface area contributed by atoms with Gasteiger partial charge in [0.15, 0.2) is 0 Å². The fourth-order valence-corrected chi connectivity index (χ4v) is 3.58. The van der Waals surface area contributed by atoms with Crippen LogP contribution < -0.4 is 5.43 Å². The number of anilines is 1. The lowest BCUT2D eigenvalue weighted by Gasteiger charge is -2.14. The van der Waals surface area contributed by atoms with E-state index < -0.39 is 58.1 Å². The molecule has 0 fully saturated rings. The van der Waals surface area contributed by atoms with Crippen molar-refractivity contribution < 1.29 is 52.7 Å². The van der Waals surface area contributed by atoms with Crippen molar-refractivity contribution in [2.24, 2.45) is 5.10 Å². The predicted molar refractivity (Wildman–Crippen MR) is 110 cm³/mol. The highest BCUT2D eigenvalue weighted by Gasteiger charge is 2.38. The fourth-order valence-electron chi connectivity index (χ4n) is 2.92. The van der Waals surface area contributed by atoms with Crippen LogP contribution in [0, 0.1) is 0 Å². The quantitative estimate of drug-likeness (QED) is 0.195. The zero-order chi connectivity index (χ0) is 28.0. The zero-order valence-corrected chi connectivity index (χ0v) is 18.7.